The lowest BCUT2D eigenvalue weighted by atomic mass is 10.2. The maximum absolute atomic E-state index is 12.6. The van der Waals surface area contributed by atoms with E-state index in [4.69, 9.17) is 0 Å². The molecule has 1 nitrogen and oxygen atoms in total. The normalized spacial score (nSPS) is 38.2. The van der Waals surface area contributed by atoms with Gasteiger partial charge in [0.25, 0.3) is 0 Å². The molecule has 0 bridgehead atoms. The fourth-order valence-electron chi connectivity index (χ4n) is 1.61. The highest BCUT2D eigenvalue weighted by Gasteiger charge is 2.32. The Balaban J connectivity index is 2.14. The van der Waals surface area contributed by atoms with Gasteiger partial charge in [0.1, 0.15) is 12.3 Å². The zero-order chi connectivity index (χ0) is 7.14. The standard InChI is InChI=1S/C7H9F2N/c8-5-1-7-2-6(9)4-10(7)3-5/h1,5-6H,2-4H2/t5-,6+/m0/s1. The minimum Gasteiger partial charge on any atom is -0.369 e. The van der Waals surface area contributed by atoms with Crippen LogP contribution < -0.4 is 0 Å². The van der Waals surface area contributed by atoms with Crippen LogP contribution in [0.1, 0.15) is 6.42 Å². The van der Waals surface area contributed by atoms with Crippen LogP contribution in [-0.4, -0.2) is 30.3 Å². The molecule has 0 aromatic heterocycles. The second-order valence-corrected chi connectivity index (χ2v) is 2.88. The van der Waals surface area contributed by atoms with E-state index in [1.54, 1.807) is 4.90 Å². The Kier molecular flexibility index (Phi) is 1.19. The largest absolute Gasteiger partial charge is 0.369 e. The molecule has 2 heterocycles. The molecule has 0 radical (unpaired) electrons. The first-order valence-corrected chi connectivity index (χ1v) is 3.49. The first-order chi connectivity index (χ1) is 4.75. The number of hydrogen-bond acceptors (Lipinski definition) is 1. The number of fused-ring (bicyclic) bond motifs is 1. The summed E-state index contributed by atoms with van der Waals surface area (Å²) in [6.45, 7) is 0.766. The molecule has 2 aliphatic heterocycles. The number of hydrogen-bond donors (Lipinski definition) is 0. The van der Waals surface area contributed by atoms with Gasteiger partial charge in [0.15, 0.2) is 0 Å². The lowest BCUT2D eigenvalue weighted by molar-refractivity contribution is 0.272. The molecule has 2 atom stereocenters. The van der Waals surface area contributed by atoms with Crippen molar-refractivity contribution in [2.24, 2.45) is 0 Å². The van der Waals surface area contributed by atoms with E-state index < -0.39 is 12.3 Å². The molecule has 0 aromatic rings. The van der Waals surface area contributed by atoms with Gasteiger partial charge in [0.2, 0.25) is 0 Å². The highest BCUT2D eigenvalue weighted by atomic mass is 19.1. The average Bonchev–Trinajstić information content (AvgIpc) is 2.21. The van der Waals surface area contributed by atoms with Gasteiger partial charge in [-0.3, -0.25) is 0 Å². The molecular weight excluding hydrogens is 136 g/mol. The summed E-state index contributed by atoms with van der Waals surface area (Å²) in [4.78, 5) is 1.79. The molecule has 0 aromatic carbocycles. The summed E-state index contributed by atoms with van der Waals surface area (Å²) in [6, 6.07) is 0. The molecular formula is C7H9F2N. The second-order valence-electron chi connectivity index (χ2n) is 2.88. The quantitative estimate of drug-likeness (QED) is 0.496. The molecule has 2 rings (SSSR count). The summed E-state index contributed by atoms with van der Waals surface area (Å²) < 4.78 is 25.1. The second kappa shape index (κ2) is 1.94. The van der Waals surface area contributed by atoms with Crippen molar-refractivity contribution in [1.82, 2.24) is 4.90 Å². The van der Waals surface area contributed by atoms with Gasteiger partial charge in [-0.25, -0.2) is 8.78 Å². The molecule has 1 fully saturated rings. The van der Waals surface area contributed by atoms with Crippen molar-refractivity contribution in [3.63, 3.8) is 0 Å². The van der Waals surface area contributed by atoms with Crippen LogP contribution in [0.2, 0.25) is 0 Å². The van der Waals surface area contributed by atoms with Crippen molar-refractivity contribution in [2.45, 2.75) is 18.8 Å². The van der Waals surface area contributed by atoms with Crippen LogP contribution in [-0.2, 0) is 0 Å². The SMILES string of the molecule is F[C@@H]1CC2=C[C@H](F)CN2C1. The molecule has 0 aliphatic carbocycles. The van der Waals surface area contributed by atoms with Gasteiger partial charge in [0.05, 0.1) is 6.54 Å². The smallest absolute Gasteiger partial charge is 0.138 e. The Bertz CT molecular complexity index is 178. The zero-order valence-electron chi connectivity index (χ0n) is 5.56. The number of halogens is 2. The Morgan fingerprint density at radius 2 is 2.20 bits per heavy atom. The van der Waals surface area contributed by atoms with E-state index in [9.17, 15) is 8.78 Å². The molecule has 0 spiro atoms. The predicted molar refractivity (Wildman–Crippen MR) is 34.1 cm³/mol. The Hall–Kier alpha value is -0.600. The molecule has 3 heteroatoms. The molecule has 0 N–H and O–H groups in total. The van der Waals surface area contributed by atoms with Crippen molar-refractivity contribution in [3.8, 4) is 0 Å². The molecule has 10 heavy (non-hydrogen) atoms. The van der Waals surface area contributed by atoms with Crippen LogP contribution in [0.3, 0.4) is 0 Å². The molecule has 56 valence electrons. The van der Waals surface area contributed by atoms with E-state index in [0.29, 0.717) is 19.5 Å². The monoisotopic (exact) mass is 145 g/mol. The highest BCUT2D eigenvalue weighted by Crippen LogP contribution is 2.29. The van der Waals surface area contributed by atoms with E-state index >= 15 is 0 Å². The first kappa shape index (κ1) is 6.13. The summed E-state index contributed by atoms with van der Waals surface area (Å²) in [6.07, 6.45) is 0.321. The Labute approximate surface area is 58.3 Å². The van der Waals surface area contributed by atoms with Crippen molar-refractivity contribution >= 4 is 0 Å². The first-order valence-electron chi connectivity index (χ1n) is 3.49. The van der Waals surface area contributed by atoms with E-state index in [1.807, 2.05) is 0 Å². The Morgan fingerprint density at radius 3 is 2.90 bits per heavy atom. The number of nitrogens with zero attached hydrogens (tertiary/aromatic N) is 1. The van der Waals surface area contributed by atoms with Crippen LogP contribution >= 0.6 is 0 Å². The zero-order valence-corrected chi connectivity index (χ0v) is 5.56. The number of allylic oxidation sites excluding steroid dienone is 1. The predicted octanol–water partition coefficient (Wildman–Crippen LogP) is 1.27. The summed E-state index contributed by atoms with van der Waals surface area (Å²) in [5.74, 6) is 0. The van der Waals surface area contributed by atoms with Crippen LogP contribution in [0.15, 0.2) is 11.8 Å². The lowest BCUT2D eigenvalue weighted by Gasteiger charge is -2.11. The molecule has 0 amide bonds. The van der Waals surface area contributed by atoms with Gasteiger partial charge < -0.3 is 4.90 Å². The Morgan fingerprint density at radius 1 is 1.40 bits per heavy atom. The maximum Gasteiger partial charge on any atom is 0.138 e. The van der Waals surface area contributed by atoms with Crippen LogP contribution in [0.4, 0.5) is 8.78 Å². The van der Waals surface area contributed by atoms with Gasteiger partial charge in [-0.15, -0.1) is 0 Å². The van der Waals surface area contributed by atoms with Crippen LogP contribution in [0, 0.1) is 0 Å². The molecule has 2 aliphatic rings. The van der Waals surface area contributed by atoms with Crippen molar-refractivity contribution < 1.29 is 8.78 Å². The third-order valence-electron chi connectivity index (χ3n) is 2.02. The summed E-state index contributed by atoms with van der Waals surface area (Å²) in [5.41, 5.74) is 0.861. The van der Waals surface area contributed by atoms with Gasteiger partial charge in [-0.1, -0.05) is 0 Å². The number of alkyl halides is 2. The van der Waals surface area contributed by atoms with Crippen molar-refractivity contribution in [1.29, 1.82) is 0 Å². The maximum atomic E-state index is 12.6. The topological polar surface area (TPSA) is 3.24 Å². The molecule has 1 saturated heterocycles. The van der Waals surface area contributed by atoms with Gasteiger partial charge in [-0.05, 0) is 6.08 Å². The average molecular weight is 145 g/mol. The third-order valence-corrected chi connectivity index (χ3v) is 2.02. The van der Waals surface area contributed by atoms with Crippen LogP contribution in [0.5, 0.6) is 0 Å². The number of rotatable bonds is 0. The van der Waals surface area contributed by atoms with Crippen molar-refractivity contribution in [2.75, 3.05) is 13.1 Å². The molecule has 0 saturated carbocycles. The molecule has 0 unspecified atom stereocenters. The minimum atomic E-state index is -0.859. The van der Waals surface area contributed by atoms with E-state index in [0.717, 1.165) is 5.70 Å². The summed E-state index contributed by atoms with van der Waals surface area (Å²) >= 11 is 0. The van der Waals surface area contributed by atoms with Crippen molar-refractivity contribution in [3.05, 3.63) is 11.8 Å². The third kappa shape index (κ3) is 0.805. The van der Waals surface area contributed by atoms with Gasteiger partial charge in [-0.2, -0.15) is 0 Å². The van der Waals surface area contributed by atoms with Gasteiger partial charge >= 0.3 is 0 Å². The van der Waals surface area contributed by atoms with E-state index in [1.165, 1.54) is 6.08 Å². The minimum absolute atomic E-state index is 0.371. The van der Waals surface area contributed by atoms with E-state index in [-0.39, 0.29) is 0 Å². The highest BCUT2D eigenvalue weighted by molar-refractivity contribution is 5.17. The fourth-order valence-corrected chi connectivity index (χ4v) is 1.61. The van der Waals surface area contributed by atoms with Gasteiger partial charge in [0, 0.05) is 18.7 Å². The fraction of sp³-hybridized carbons (Fsp3) is 0.714. The van der Waals surface area contributed by atoms with Crippen LogP contribution in [0.25, 0.3) is 0 Å². The lowest BCUT2D eigenvalue weighted by Crippen LogP contribution is -2.21. The van der Waals surface area contributed by atoms with E-state index in [2.05, 4.69) is 0 Å². The summed E-state index contributed by atoms with van der Waals surface area (Å²) in [7, 11) is 0. The summed E-state index contributed by atoms with van der Waals surface area (Å²) in [5, 5.41) is 0.